The van der Waals surface area contributed by atoms with E-state index in [4.69, 9.17) is 10.7 Å². The van der Waals surface area contributed by atoms with Gasteiger partial charge in [-0.25, -0.2) is 4.98 Å². The smallest absolute Gasteiger partial charge is 0.110 e. The second-order valence-corrected chi connectivity index (χ2v) is 5.74. The zero-order chi connectivity index (χ0) is 14.2. The number of imidazole rings is 1. The maximum absolute atomic E-state index is 5.85. The molecule has 4 nitrogen and oxygen atoms in total. The average molecular weight is 278 g/mol. The molecular formula is C17H18N4. The molecule has 1 aliphatic carbocycles. The first-order valence-corrected chi connectivity index (χ1v) is 7.46. The summed E-state index contributed by atoms with van der Waals surface area (Å²) in [6.07, 6.45) is 8.14. The molecule has 2 aromatic heterocycles. The largest absolute Gasteiger partial charge is 0.399 e. The van der Waals surface area contributed by atoms with Gasteiger partial charge in [-0.2, -0.15) is 0 Å². The number of aromatic nitrogens is 3. The number of aryl methyl sites for hydroxylation is 2. The quantitative estimate of drug-likeness (QED) is 0.746. The van der Waals surface area contributed by atoms with E-state index in [0.717, 1.165) is 24.0 Å². The maximum Gasteiger partial charge on any atom is 0.110 e. The highest BCUT2D eigenvalue weighted by Gasteiger charge is 2.27. The van der Waals surface area contributed by atoms with Crippen molar-refractivity contribution in [2.75, 3.05) is 5.73 Å². The third-order valence-corrected chi connectivity index (χ3v) is 4.07. The number of rotatable bonds is 4. The summed E-state index contributed by atoms with van der Waals surface area (Å²) in [5.74, 6) is 1.17. The molecule has 1 aliphatic rings. The van der Waals surface area contributed by atoms with Crippen molar-refractivity contribution in [1.82, 2.24) is 14.5 Å². The summed E-state index contributed by atoms with van der Waals surface area (Å²) in [6.45, 7) is 0. The van der Waals surface area contributed by atoms with Crippen LogP contribution in [0.1, 0.15) is 30.3 Å². The molecule has 4 heteroatoms. The minimum Gasteiger partial charge on any atom is -0.399 e. The number of anilines is 1. The van der Waals surface area contributed by atoms with Crippen LogP contribution in [-0.4, -0.2) is 14.5 Å². The zero-order valence-corrected chi connectivity index (χ0v) is 11.9. The van der Waals surface area contributed by atoms with Gasteiger partial charge in [-0.1, -0.05) is 12.1 Å². The van der Waals surface area contributed by atoms with Gasteiger partial charge in [-0.3, -0.25) is 4.98 Å². The molecule has 0 unspecified atom stereocenters. The maximum atomic E-state index is 5.85. The minimum atomic E-state index is 0.633. The highest BCUT2D eigenvalue weighted by molar-refractivity contribution is 5.75. The van der Waals surface area contributed by atoms with Gasteiger partial charge in [-0.05, 0) is 43.0 Å². The number of fused-ring (bicyclic) bond motifs is 1. The Kier molecular flexibility index (Phi) is 2.88. The van der Waals surface area contributed by atoms with E-state index in [0.29, 0.717) is 6.04 Å². The van der Waals surface area contributed by atoms with Crippen molar-refractivity contribution in [3.63, 3.8) is 0 Å². The van der Waals surface area contributed by atoms with Crippen molar-refractivity contribution >= 4 is 16.7 Å². The molecule has 106 valence electrons. The fourth-order valence-electron chi connectivity index (χ4n) is 2.92. The van der Waals surface area contributed by atoms with E-state index in [1.807, 2.05) is 30.6 Å². The van der Waals surface area contributed by atoms with Gasteiger partial charge in [0.25, 0.3) is 0 Å². The SMILES string of the molecule is Nc1cccc(CCc2nc3cnccc3n2C2CC2)c1. The molecule has 4 rings (SSSR count). The minimum absolute atomic E-state index is 0.633. The lowest BCUT2D eigenvalue weighted by molar-refractivity contribution is 0.692. The second-order valence-electron chi connectivity index (χ2n) is 5.74. The molecule has 3 aromatic rings. The van der Waals surface area contributed by atoms with Crippen molar-refractivity contribution in [2.45, 2.75) is 31.7 Å². The number of nitrogens with zero attached hydrogens (tertiary/aromatic N) is 3. The summed E-state index contributed by atoms with van der Waals surface area (Å²) >= 11 is 0. The Morgan fingerprint density at radius 1 is 1.19 bits per heavy atom. The number of hydrogen-bond donors (Lipinski definition) is 1. The van der Waals surface area contributed by atoms with Crippen molar-refractivity contribution in [3.05, 3.63) is 54.1 Å². The third-order valence-electron chi connectivity index (χ3n) is 4.07. The van der Waals surface area contributed by atoms with E-state index < -0.39 is 0 Å². The van der Waals surface area contributed by atoms with E-state index >= 15 is 0 Å². The molecule has 0 spiro atoms. The molecule has 0 bridgehead atoms. The number of hydrogen-bond acceptors (Lipinski definition) is 3. The molecule has 2 N–H and O–H groups in total. The fraction of sp³-hybridized carbons (Fsp3) is 0.294. The van der Waals surface area contributed by atoms with Crippen LogP contribution in [0.5, 0.6) is 0 Å². The summed E-state index contributed by atoms with van der Waals surface area (Å²) in [5, 5.41) is 0. The number of nitrogens with two attached hydrogens (primary N) is 1. The molecule has 0 aliphatic heterocycles. The number of nitrogen functional groups attached to an aromatic ring is 1. The lowest BCUT2D eigenvalue weighted by Crippen LogP contribution is -2.03. The summed E-state index contributed by atoms with van der Waals surface area (Å²) in [7, 11) is 0. The van der Waals surface area contributed by atoms with Crippen LogP contribution >= 0.6 is 0 Å². The van der Waals surface area contributed by atoms with Gasteiger partial charge in [0.05, 0.1) is 11.7 Å². The Labute approximate surface area is 123 Å². The van der Waals surface area contributed by atoms with Gasteiger partial charge in [0.1, 0.15) is 11.3 Å². The average Bonchev–Trinajstić information content (AvgIpc) is 3.26. The zero-order valence-electron chi connectivity index (χ0n) is 11.9. The molecule has 0 saturated heterocycles. The molecule has 1 fully saturated rings. The standard InChI is InChI=1S/C17H18N4/c18-13-3-1-2-12(10-13)4-7-17-20-15-11-19-9-8-16(15)21(17)14-5-6-14/h1-3,8-11,14H,4-7,18H2. The van der Waals surface area contributed by atoms with Crippen molar-refractivity contribution in [3.8, 4) is 0 Å². The summed E-state index contributed by atoms with van der Waals surface area (Å²) < 4.78 is 2.41. The topological polar surface area (TPSA) is 56.7 Å². The van der Waals surface area contributed by atoms with Crippen LogP contribution in [0.3, 0.4) is 0 Å². The Bertz CT molecular complexity index is 786. The van der Waals surface area contributed by atoms with Crippen LogP contribution < -0.4 is 5.73 Å². The molecule has 21 heavy (non-hydrogen) atoms. The van der Waals surface area contributed by atoms with Gasteiger partial charge >= 0.3 is 0 Å². The van der Waals surface area contributed by atoms with Crippen molar-refractivity contribution < 1.29 is 0 Å². The van der Waals surface area contributed by atoms with Crippen LogP contribution in [0.2, 0.25) is 0 Å². The Hall–Kier alpha value is -2.36. The Balaban J connectivity index is 1.65. The predicted molar refractivity (Wildman–Crippen MR) is 84.1 cm³/mol. The van der Waals surface area contributed by atoms with E-state index in [9.17, 15) is 0 Å². The molecule has 0 radical (unpaired) electrons. The van der Waals surface area contributed by atoms with Crippen LogP contribution in [0.15, 0.2) is 42.7 Å². The highest BCUT2D eigenvalue weighted by Crippen LogP contribution is 2.38. The van der Waals surface area contributed by atoms with Gasteiger partial charge < -0.3 is 10.3 Å². The fourth-order valence-corrected chi connectivity index (χ4v) is 2.92. The van der Waals surface area contributed by atoms with E-state index in [1.54, 1.807) is 0 Å². The van der Waals surface area contributed by atoms with E-state index in [2.05, 4.69) is 21.7 Å². The van der Waals surface area contributed by atoms with Gasteiger partial charge in [-0.15, -0.1) is 0 Å². The molecule has 1 aromatic carbocycles. The van der Waals surface area contributed by atoms with Gasteiger partial charge in [0.2, 0.25) is 0 Å². The monoisotopic (exact) mass is 278 g/mol. The first-order valence-electron chi connectivity index (χ1n) is 7.46. The Morgan fingerprint density at radius 2 is 2.10 bits per heavy atom. The van der Waals surface area contributed by atoms with Crippen LogP contribution in [0.25, 0.3) is 11.0 Å². The second kappa shape index (κ2) is 4.88. The first-order chi connectivity index (χ1) is 10.3. The Morgan fingerprint density at radius 3 is 2.90 bits per heavy atom. The van der Waals surface area contributed by atoms with Crippen molar-refractivity contribution in [1.29, 1.82) is 0 Å². The third kappa shape index (κ3) is 2.37. The first kappa shape index (κ1) is 12.4. The number of benzene rings is 1. The summed E-state index contributed by atoms with van der Waals surface area (Å²) in [6, 6.07) is 10.8. The summed E-state index contributed by atoms with van der Waals surface area (Å²) in [5.41, 5.74) is 10.2. The molecular weight excluding hydrogens is 260 g/mol. The predicted octanol–water partition coefficient (Wildman–Crippen LogP) is 3.13. The van der Waals surface area contributed by atoms with Crippen molar-refractivity contribution in [2.24, 2.45) is 0 Å². The van der Waals surface area contributed by atoms with Crippen LogP contribution in [-0.2, 0) is 12.8 Å². The molecule has 1 saturated carbocycles. The molecule has 2 heterocycles. The van der Waals surface area contributed by atoms with Gasteiger partial charge in [0.15, 0.2) is 0 Å². The van der Waals surface area contributed by atoms with E-state index in [1.165, 1.54) is 29.7 Å². The summed E-state index contributed by atoms with van der Waals surface area (Å²) in [4.78, 5) is 8.97. The molecule has 0 amide bonds. The lowest BCUT2D eigenvalue weighted by atomic mass is 10.1. The van der Waals surface area contributed by atoms with Crippen LogP contribution in [0.4, 0.5) is 5.69 Å². The van der Waals surface area contributed by atoms with Gasteiger partial charge in [0, 0.05) is 24.3 Å². The van der Waals surface area contributed by atoms with E-state index in [-0.39, 0.29) is 0 Å². The highest BCUT2D eigenvalue weighted by atomic mass is 15.1. The van der Waals surface area contributed by atoms with Crippen LogP contribution in [0, 0.1) is 0 Å². The normalized spacial score (nSPS) is 14.7. The molecule has 0 atom stereocenters. The lowest BCUT2D eigenvalue weighted by Gasteiger charge is -2.08. The number of pyridine rings is 1.